The lowest BCUT2D eigenvalue weighted by Crippen LogP contribution is -2.51. The summed E-state index contributed by atoms with van der Waals surface area (Å²) in [6.07, 6.45) is 0.827. The Hall–Kier alpha value is -2.24. The zero-order chi connectivity index (χ0) is 15.9. The first-order valence-corrected chi connectivity index (χ1v) is 7.53. The molecule has 1 aliphatic heterocycles. The number of urea groups is 1. The number of para-hydroxylation sites is 1. The summed E-state index contributed by atoms with van der Waals surface area (Å²) in [5.41, 5.74) is 2.19. The van der Waals surface area contributed by atoms with Crippen LogP contribution in [0.3, 0.4) is 0 Å². The maximum absolute atomic E-state index is 12.0. The summed E-state index contributed by atoms with van der Waals surface area (Å²) in [5, 5.41) is 2.85. The van der Waals surface area contributed by atoms with E-state index in [1.165, 1.54) is 0 Å². The largest absolute Gasteiger partial charge is 0.491 e. The highest BCUT2D eigenvalue weighted by Gasteiger charge is 2.19. The van der Waals surface area contributed by atoms with Crippen LogP contribution in [0.4, 0.5) is 4.79 Å². The third-order valence-electron chi connectivity index (χ3n) is 3.78. The Morgan fingerprint density at radius 2 is 1.86 bits per heavy atom. The average molecular weight is 305 g/mol. The molecule has 1 heterocycles. The molecule has 1 fully saturated rings. The number of piperazine rings is 1. The molecule has 6 heteroatoms. The first-order valence-electron chi connectivity index (χ1n) is 7.53. The first-order chi connectivity index (χ1) is 10.6. The topological polar surface area (TPSA) is 61.9 Å². The summed E-state index contributed by atoms with van der Waals surface area (Å²) >= 11 is 0. The van der Waals surface area contributed by atoms with Gasteiger partial charge in [0.1, 0.15) is 12.4 Å². The summed E-state index contributed by atoms with van der Waals surface area (Å²) in [6.45, 7) is 7.24. The number of nitrogens with one attached hydrogen (secondary N) is 1. The van der Waals surface area contributed by atoms with Crippen molar-refractivity contribution >= 4 is 12.4 Å². The Kier molecular flexibility index (Phi) is 5.63. The standard InChI is InChI=1S/C16H23N3O3/c1-13-4-3-5-14(2)15(13)22-11-6-17-16(21)19-9-7-18(12-20)8-10-19/h3-5,12H,6-11H2,1-2H3,(H,17,21). The quantitative estimate of drug-likeness (QED) is 0.656. The van der Waals surface area contributed by atoms with Gasteiger partial charge in [0.15, 0.2) is 0 Å². The number of amides is 3. The van der Waals surface area contributed by atoms with Gasteiger partial charge in [-0.15, -0.1) is 0 Å². The van der Waals surface area contributed by atoms with Crippen LogP contribution in [0, 0.1) is 13.8 Å². The highest BCUT2D eigenvalue weighted by Crippen LogP contribution is 2.21. The van der Waals surface area contributed by atoms with Gasteiger partial charge in [-0.2, -0.15) is 0 Å². The zero-order valence-corrected chi connectivity index (χ0v) is 13.2. The van der Waals surface area contributed by atoms with Crippen LogP contribution >= 0.6 is 0 Å². The number of hydrogen-bond donors (Lipinski definition) is 1. The smallest absolute Gasteiger partial charge is 0.317 e. The van der Waals surface area contributed by atoms with Gasteiger partial charge in [0.05, 0.1) is 6.54 Å². The van der Waals surface area contributed by atoms with Crippen molar-refractivity contribution in [3.05, 3.63) is 29.3 Å². The highest BCUT2D eigenvalue weighted by atomic mass is 16.5. The molecule has 0 bridgehead atoms. The summed E-state index contributed by atoms with van der Waals surface area (Å²) in [5.74, 6) is 0.886. The molecule has 0 aliphatic carbocycles. The van der Waals surface area contributed by atoms with Gasteiger partial charge in [-0.1, -0.05) is 18.2 Å². The number of benzene rings is 1. The van der Waals surface area contributed by atoms with E-state index >= 15 is 0 Å². The summed E-state index contributed by atoms with van der Waals surface area (Å²) in [7, 11) is 0. The Morgan fingerprint density at radius 3 is 2.45 bits per heavy atom. The predicted molar refractivity (Wildman–Crippen MR) is 84.0 cm³/mol. The van der Waals surface area contributed by atoms with Gasteiger partial charge in [-0.25, -0.2) is 4.79 Å². The molecule has 3 amide bonds. The predicted octanol–water partition coefficient (Wildman–Crippen LogP) is 1.17. The number of nitrogens with zero attached hydrogens (tertiary/aromatic N) is 2. The second-order valence-corrected chi connectivity index (χ2v) is 5.43. The number of ether oxygens (including phenoxy) is 1. The number of carbonyl (C=O) groups is 2. The Balaban J connectivity index is 1.70. The van der Waals surface area contributed by atoms with E-state index in [0.29, 0.717) is 39.3 Å². The monoisotopic (exact) mass is 305 g/mol. The minimum absolute atomic E-state index is 0.101. The molecule has 0 spiro atoms. The van der Waals surface area contributed by atoms with Crippen molar-refractivity contribution < 1.29 is 14.3 Å². The van der Waals surface area contributed by atoms with Gasteiger partial charge in [-0.3, -0.25) is 4.79 Å². The van der Waals surface area contributed by atoms with Crippen molar-refractivity contribution in [2.24, 2.45) is 0 Å². The van der Waals surface area contributed by atoms with Gasteiger partial charge in [0.2, 0.25) is 6.41 Å². The van der Waals surface area contributed by atoms with Crippen molar-refractivity contribution in [2.45, 2.75) is 13.8 Å². The van der Waals surface area contributed by atoms with E-state index in [-0.39, 0.29) is 6.03 Å². The number of carbonyl (C=O) groups excluding carboxylic acids is 2. The van der Waals surface area contributed by atoms with E-state index in [1.807, 2.05) is 32.0 Å². The van der Waals surface area contributed by atoms with Crippen LogP contribution in [-0.2, 0) is 4.79 Å². The van der Waals surface area contributed by atoms with Crippen molar-refractivity contribution in [2.75, 3.05) is 39.3 Å². The molecule has 1 aromatic rings. The average Bonchev–Trinajstić information content (AvgIpc) is 2.53. The van der Waals surface area contributed by atoms with E-state index in [1.54, 1.807) is 9.80 Å². The highest BCUT2D eigenvalue weighted by molar-refractivity contribution is 5.74. The van der Waals surface area contributed by atoms with Crippen LogP contribution < -0.4 is 10.1 Å². The van der Waals surface area contributed by atoms with E-state index < -0.39 is 0 Å². The lowest BCUT2D eigenvalue weighted by atomic mass is 10.1. The number of hydrogen-bond acceptors (Lipinski definition) is 3. The number of rotatable bonds is 5. The van der Waals surface area contributed by atoms with Gasteiger partial charge in [0.25, 0.3) is 0 Å². The molecule has 1 aromatic carbocycles. The van der Waals surface area contributed by atoms with Crippen LogP contribution in [0.1, 0.15) is 11.1 Å². The normalized spacial score (nSPS) is 14.6. The second kappa shape index (κ2) is 7.68. The van der Waals surface area contributed by atoms with Crippen LogP contribution in [0.5, 0.6) is 5.75 Å². The van der Waals surface area contributed by atoms with E-state index in [0.717, 1.165) is 23.3 Å². The van der Waals surface area contributed by atoms with Gasteiger partial charge < -0.3 is 19.9 Å². The lowest BCUT2D eigenvalue weighted by molar-refractivity contribution is -0.119. The van der Waals surface area contributed by atoms with Gasteiger partial charge in [-0.05, 0) is 25.0 Å². The third kappa shape index (κ3) is 4.13. The Bertz CT molecular complexity index is 505. The fourth-order valence-corrected chi connectivity index (χ4v) is 2.48. The zero-order valence-electron chi connectivity index (χ0n) is 13.2. The fourth-order valence-electron chi connectivity index (χ4n) is 2.48. The fraction of sp³-hybridized carbons (Fsp3) is 0.500. The summed E-state index contributed by atoms with van der Waals surface area (Å²) in [4.78, 5) is 26.0. The summed E-state index contributed by atoms with van der Waals surface area (Å²) in [6, 6.07) is 5.91. The molecule has 1 N–H and O–H groups in total. The molecule has 1 aliphatic rings. The molecule has 22 heavy (non-hydrogen) atoms. The van der Waals surface area contributed by atoms with Crippen LogP contribution in [0.15, 0.2) is 18.2 Å². The molecule has 6 nitrogen and oxygen atoms in total. The van der Waals surface area contributed by atoms with Gasteiger partial charge in [0, 0.05) is 26.2 Å². The molecule has 1 saturated heterocycles. The van der Waals surface area contributed by atoms with Crippen molar-refractivity contribution in [3.8, 4) is 5.75 Å². The van der Waals surface area contributed by atoms with Crippen LogP contribution in [-0.4, -0.2) is 61.6 Å². The van der Waals surface area contributed by atoms with Crippen LogP contribution in [0.25, 0.3) is 0 Å². The van der Waals surface area contributed by atoms with E-state index in [4.69, 9.17) is 4.74 Å². The molecule has 0 saturated carbocycles. The molecule has 0 atom stereocenters. The molecular weight excluding hydrogens is 282 g/mol. The minimum Gasteiger partial charge on any atom is -0.491 e. The van der Waals surface area contributed by atoms with E-state index in [2.05, 4.69) is 5.32 Å². The van der Waals surface area contributed by atoms with Crippen molar-refractivity contribution in [3.63, 3.8) is 0 Å². The molecule has 120 valence electrons. The SMILES string of the molecule is Cc1cccc(C)c1OCCNC(=O)N1CCN(C=O)CC1. The molecule has 0 aromatic heterocycles. The van der Waals surface area contributed by atoms with E-state index in [9.17, 15) is 9.59 Å². The molecular formula is C16H23N3O3. The molecule has 0 unspecified atom stereocenters. The van der Waals surface area contributed by atoms with Crippen molar-refractivity contribution in [1.82, 2.24) is 15.1 Å². The third-order valence-corrected chi connectivity index (χ3v) is 3.78. The van der Waals surface area contributed by atoms with Gasteiger partial charge >= 0.3 is 6.03 Å². The minimum atomic E-state index is -0.101. The van der Waals surface area contributed by atoms with Crippen LogP contribution in [0.2, 0.25) is 0 Å². The maximum Gasteiger partial charge on any atom is 0.317 e. The second-order valence-electron chi connectivity index (χ2n) is 5.43. The lowest BCUT2D eigenvalue weighted by Gasteiger charge is -2.32. The van der Waals surface area contributed by atoms with Crippen molar-refractivity contribution in [1.29, 1.82) is 0 Å². The molecule has 0 radical (unpaired) electrons. The molecule has 2 rings (SSSR count). The summed E-state index contributed by atoms with van der Waals surface area (Å²) < 4.78 is 5.75. The Morgan fingerprint density at radius 1 is 1.23 bits per heavy atom. The number of aryl methyl sites for hydroxylation is 2. The maximum atomic E-state index is 12.0. The Labute approximate surface area is 131 Å². The first kappa shape index (κ1) is 16.1.